The Hall–Kier alpha value is -1.14. The summed E-state index contributed by atoms with van der Waals surface area (Å²) >= 11 is 0. The van der Waals surface area contributed by atoms with Crippen LogP contribution in [0.4, 0.5) is 0 Å². The molecule has 1 fully saturated rings. The van der Waals surface area contributed by atoms with Crippen molar-refractivity contribution in [3.63, 3.8) is 0 Å². The number of carbonyl (C=O) groups excluding carboxylic acids is 2. The lowest BCUT2D eigenvalue weighted by atomic mass is 9.91. The minimum absolute atomic E-state index is 0.0181. The molecular formula is C13H26N4O2. The van der Waals surface area contributed by atoms with Crippen molar-refractivity contribution in [2.75, 3.05) is 32.7 Å². The lowest BCUT2D eigenvalue weighted by Crippen LogP contribution is -2.45. The van der Waals surface area contributed by atoms with E-state index in [9.17, 15) is 9.59 Å². The molecule has 0 saturated carbocycles. The van der Waals surface area contributed by atoms with Gasteiger partial charge in [-0.3, -0.25) is 14.5 Å². The number of nitrogens with zero attached hydrogens (tertiary/aromatic N) is 1. The van der Waals surface area contributed by atoms with Crippen molar-refractivity contribution >= 4 is 11.8 Å². The van der Waals surface area contributed by atoms with Crippen LogP contribution in [0.5, 0.6) is 0 Å². The Morgan fingerprint density at radius 1 is 1.26 bits per heavy atom. The average molecular weight is 270 g/mol. The van der Waals surface area contributed by atoms with Crippen LogP contribution >= 0.6 is 0 Å². The third-order valence-electron chi connectivity index (χ3n) is 3.56. The van der Waals surface area contributed by atoms with Crippen LogP contribution in [0.15, 0.2) is 0 Å². The summed E-state index contributed by atoms with van der Waals surface area (Å²) in [6.07, 6.45) is 2.13. The van der Waals surface area contributed by atoms with Crippen LogP contribution < -0.4 is 16.4 Å². The van der Waals surface area contributed by atoms with E-state index < -0.39 is 0 Å². The quantitative estimate of drug-likeness (QED) is 0.557. The molecule has 1 atom stereocenters. The zero-order valence-electron chi connectivity index (χ0n) is 11.9. The first kappa shape index (κ1) is 15.9. The van der Waals surface area contributed by atoms with Gasteiger partial charge in [-0.05, 0) is 38.8 Å². The molecule has 0 radical (unpaired) electrons. The molecule has 110 valence electrons. The molecule has 1 aliphatic heterocycles. The molecule has 0 spiro atoms. The van der Waals surface area contributed by atoms with Crippen LogP contribution in [0.25, 0.3) is 0 Å². The predicted molar refractivity (Wildman–Crippen MR) is 74.5 cm³/mol. The summed E-state index contributed by atoms with van der Waals surface area (Å²) in [6.45, 7) is 6.78. The molecule has 1 aliphatic rings. The van der Waals surface area contributed by atoms with Crippen LogP contribution in [0.3, 0.4) is 0 Å². The number of carbonyl (C=O) groups is 2. The van der Waals surface area contributed by atoms with Gasteiger partial charge in [0.1, 0.15) is 0 Å². The molecule has 1 rings (SSSR count). The minimum Gasteiger partial charge on any atom is -0.355 e. The Morgan fingerprint density at radius 3 is 2.37 bits per heavy atom. The molecule has 4 N–H and O–H groups in total. The van der Waals surface area contributed by atoms with Gasteiger partial charge in [-0.2, -0.15) is 0 Å². The van der Waals surface area contributed by atoms with E-state index in [0.717, 1.165) is 25.9 Å². The lowest BCUT2D eigenvalue weighted by Gasteiger charge is -2.33. The Labute approximate surface area is 115 Å². The van der Waals surface area contributed by atoms with Crippen LogP contribution in [-0.4, -0.2) is 55.5 Å². The highest BCUT2D eigenvalue weighted by atomic mass is 16.2. The summed E-state index contributed by atoms with van der Waals surface area (Å²) < 4.78 is 0. The topological polar surface area (TPSA) is 87.5 Å². The number of amides is 2. The summed E-state index contributed by atoms with van der Waals surface area (Å²) in [7, 11) is 0. The fraction of sp³-hybridized carbons (Fsp3) is 0.846. The number of piperidine rings is 1. The van der Waals surface area contributed by atoms with Crippen LogP contribution in [0, 0.1) is 5.92 Å². The zero-order valence-corrected chi connectivity index (χ0v) is 11.9. The van der Waals surface area contributed by atoms with E-state index in [1.807, 2.05) is 0 Å². The third kappa shape index (κ3) is 6.54. The van der Waals surface area contributed by atoms with E-state index in [1.165, 1.54) is 6.92 Å². The largest absolute Gasteiger partial charge is 0.355 e. The first-order chi connectivity index (χ1) is 8.99. The summed E-state index contributed by atoms with van der Waals surface area (Å²) in [4.78, 5) is 24.5. The Morgan fingerprint density at radius 2 is 1.84 bits per heavy atom. The monoisotopic (exact) mass is 270 g/mol. The van der Waals surface area contributed by atoms with E-state index in [0.29, 0.717) is 25.6 Å². The number of hydrogen-bond acceptors (Lipinski definition) is 4. The first-order valence-electron chi connectivity index (χ1n) is 6.98. The Bertz CT molecular complexity index is 299. The maximum atomic E-state index is 11.7. The Balaban J connectivity index is 2.11. The molecular weight excluding hydrogens is 244 g/mol. The molecule has 0 aliphatic carbocycles. The van der Waals surface area contributed by atoms with Gasteiger partial charge in [0.2, 0.25) is 11.8 Å². The van der Waals surface area contributed by atoms with Crippen molar-refractivity contribution in [3.05, 3.63) is 0 Å². The van der Waals surface area contributed by atoms with Crippen molar-refractivity contribution in [3.8, 4) is 0 Å². The maximum Gasteiger partial charge on any atom is 0.234 e. The number of nitrogens with two attached hydrogens (primary N) is 1. The summed E-state index contributed by atoms with van der Waals surface area (Å²) in [5.74, 6) is 0.524. The van der Waals surface area contributed by atoms with E-state index in [-0.39, 0.29) is 17.9 Å². The highest BCUT2D eigenvalue weighted by Crippen LogP contribution is 2.18. The second-order valence-corrected chi connectivity index (χ2v) is 5.31. The molecule has 1 heterocycles. The summed E-state index contributed by atoms with van der Waals surface area (Å²) in [6, 6.07) is 0.244. The second kappa shape index (κ2) is 8.12. The third-order valence-corrected chi connectivity index (χ3v) is 3.56. The van der Waals surface area contributed by atoms with Crippen molar-refractivity contribution in [1.29, 1.82) is 0 Å². The maximum absolute atomic E-state index is 11.7. The van der Waals surface area contributed by atoms with Crippen LogP contribution in [-0.2, 0) is 9.59 Å². The van der Waals surface area contributed by atoms with E-state index in [2.05, 4.69) is 22.5 Å². The molecule has 6 nitrogen and oxygen atoms in total. The fourth-order valence-corrected chi connectivity index (χ4v) is 2.34. The van der Waals surface area contributed by atoms with Crippen molar-refractivity contribution in [2.45, 2.75) is 32.7 Å². The van der Waals surface area contributed by atoms with E-state index >= 15 is 0 Å². The molecule has 2 amide bonds. The standard InChI is InChI=1S/C13H26N4O2/c1-10(14)12-3-7-17(8-4-12)9-13(19)16-6-5-15-11(2)18/h10,12H,3-9,14H2,1-2H3,(H,15,18)(H,16,19). The Kier molecular flexibility index (Phi) is 6.80. The van der Waals surface area contributed by atoms with Gasteiger partial charge in [-0.15, -0.1) is 0 Å². The van der Waals surface area contributed by atoms with Crippen molar-refractivity contribution in [2.24, 2.45) is 11.7 Å². The highest BCUT2D eigenvalue weighted by molar-refractivity contribution is 5.78. The number of likely N-dealkylation sites (tertiary alicyclic amines) is 1. The highest BCUT2D eigenvalue weighted by Gasteiger charge is 2.22. The summed E-state index contributed by atoms with van der Waals surface area (Å²) in [5.41, 5.74) is 5.89. The minimum atomic E-state index is -0.0766. The molecule has 0 aromatic heterocycles. The molecule has 1 saturated heterocycles. The van der Waals surface area contributed by atoms with E-state index in [4.69, 9.17) is 5.73 Å². The second-order valence-electron chi connectivity index (χ2n) is 5.31. The van der Waals surface area contributed by atoms with Crippen molar-refractivity contribution < 1.29 is 9.59 Å². The van der Waals surface area contributed by atoms with Gasteiger partial charge in [0, 0.05) is 26.1 Å². The summed E-state index contributed by atoms with van der Waals surface area (Å²) in [5, 5.41) is 5.44. The van der Waals surface area contributed by atoms with Gasteiger partial charge in [-0.1, -0.05) is 0 Å². The molecule has 0 bridgehead atoms. The lowest BCUT2D eigenvalue weighted by molar-refractivity contribution is -0.123. The average Bonchev–Trinajstić information content (AvgIpc) is 2.35. The first-order valence-corrected chi connectivity index (χ1v) is 6.98. The molecule has 0 aromatic carbocycles. The molecule has 0 aromatic rings. The fourth-order valence-electron chi connectivity index (χ4n) is 2.34. The van der Waals surface area contributed by atoms with Gasteiger partial charge in [0.15, 0.2) is 0 Å². The smallest absolute Gasteiger partial charge is 0.234 e. The number of nitrogens with one attached hydrogen (secondary N) is 2. The van der Waals surface area contributed by atoms with Crippen molar-refractivity contribution in [1.82, 2.24) is 15.5 Å². The molecule has 1 unspecified atom stereocenters. The van der Waals surface area contributed by atoms with Gasteiger partial charge >= 0.3 is 0 Å². The zero-order chi connectivity index (χ0) is 14.3. The van der Waals surface area contributed by atoms with Gasteiger partial charge in [0.25, 0.3) is 0 Å². The van der Waals surface area contributed by atoms with Gasteiger partial charge in [-0.25, -0.2) is 0 Å². The number of hydrogen-bond donors (Lipinski definition) is 3. The predicted octanol–water partition coefficient (Wildman–Crippen LogP) is -0.702. The number of rotatable bonds is 6. The molecule has 6 heteroatoms. The van der Waals surface area contributed by atoms with Gasteiger partial charge in [0.05, 0.1) is 6.54 Å². The normalized spacial score (nSPS) is 18.9. The van der Waals surface area contributed by atoms with Gasteiger partial charge < -0.3 is 16.4 Å². The van der Waals surface area contributed by atoms with Crippen LogP contribution in [0.1, 0.15) is 26.7 Å². The van der Waals surface area contributed by atoms with E-state index in [1.54, 1.807) is 0 Å². The molecule has 19 heavy (non-hydrogen) atoms. The van der Waals surface area contributed by atoms with Crippen LogP contribution in [0.2, 0.25) is 0 Å². The SMILES string of the molecule is CC(=O)NCCNC(=O)CN1CCC(C(C)N)CC1.